The monoisotopic (exact) mass is 233 g/mol. The van der Waals surface area contributed by atoms with E-state index < -0.39 is 0 Å². The lowest BCUT2D eigenvalue weighted by atomic mass is 10.2. The zero-order valence-corrected chi connectivity index (χ0v) is 10.4. The first-order valence-electron chi connectivity index (χ1n) is 6.06. The Balaban J connectivity index is 1.88. The van der Waals surface area contributed by atoms with E-state index in [0.717, 1.165) is 25.3 Å². The summed E-state index contributed by atoms with van der Waals surface area (Å²) in [6.45, 7) is 5.92. The molecule has 4 nitrogen and oxygen atoms in total. The molecule has 2 heterocycles. The molecular formula is C13H19N3O. The topological polar surface area (TPSA) is 43.0 Å². The Labute approximate surface area is 102 Å². The summed E-state index contributed by atoms with van der Waals surface area (Å²) in [5.41, 5.74) is 1.21. The fourth-order valence-corrected chi connectivity index (χ4v) is 1.78. The number of hydrogen-bond acceptors (Lipinski definition) is 3. The molecule has 0 aliphatic carbocycles. The number of furan rings is 1. The van der Waals surface area contributed by atoms with Gasteiger partial charge >= 0.3 is 0 Å². The van der Waals surface area contributed by atoms with Crippen LogP contribution >= 0.6 is 0 Å². The molecule has 0 fully saturated rings. The quantitative estimate of drug-likeness (QED) is 0.834. The average molecular weight is 233 g/mol. The lowest BCUT2D eigenvalue weighted by Crippen LogP contribution is -2.17. The molecule has 2 rings (SSSR count). The molecular weight excluding hydrogens is 214 g/mol. The van der Waals surface area contributed by atoms with Crippen molar-refractivity contribution in [3.8, 4) is 0 Å². The van der Waals surface area contributed by atoms with Crippen LogP contribution in [0, 0.1) is 0 Å². The van der Waals surface area contributed by atoms with Crippen LogP contribution in [0.4, 0.5) is 0 Å². The molecule has 0 radical (unpaired) electrons. The van der Waals surface area contributed by atoms with Crippen molar-refractivity contribution in [1.82, 2.24) is 15.1 Å². The molecule has 17 heavy (non-hydrogen) atoms. The minimum Gasteiger partial charge on any atom is -0.468 e. The maximum Gasteiger partial charge on any atom is 0.117 e. The number of rotatable bonds is 6. The van der Waals surface area contributed by atoms with Crippen LogP contribution in [0.2, 0.25) is 0 Å². The van der Waals surface area contributed by atoms with E-state index >= 15 is 0 Å². The second-order valence-electron chi connectivity index (χ2n) is 4.21. The average Bonchev–Trinajstić information content (AvgIpc) is 2.99. The lowest BCUT2D eigenvalue weighted by Gasteiger charge is -2.13. The van der Waals surface area contributed by atoms with Gasteiger partial charge in [0.1, 0.15) is 5.76 Å². The molecule has 92 valence electrons. The van der Waals surface area contributed by atoms with Crippen molar-refractivity contribution in [3.05, 3.63) is 42.1 Å². The molecule has 0 saturated heterocycles. The van der Waals surface area contributed by atoms with Gasteiger partial charge < -0.3 is 9.73 Å². The highest BCUT2D eigenvalue weighted by atomic mass is 16.3. The predicted octanol–water partition coefficient (Wildman–Crippen LogP) is 2.74. The molecule has 2 aromatic rings. The van der Waals surface area contributed by atoms with Gasteiger partial charge in [-0.2, -0.15) is 5.10 Å². The maximum atomic E-state index is 5.27. The predicted molar refractivity (Wildman–Crippen MR) is 66.5 cm³/mol. The van der Waals surface area contributed by atoms with Crippen LogP contribution in [-0.4, -0.2) is 9.78 Å². The zero-order valence-electron chi connectivity index (χ0n) is 10.4. The van der Waals surface area contributed by atoms with Crippen LogP contribution in [0.25, 0.3) is 0 Å². The third kappa shape index (κ3) is 2.97. The van der Waals surface area contributed by atoms with Crippen LogP contribution in [-0.2, 0) is 13.1 Å². The van der Waals surface area contributed by atoms with Crippen molar-refractivity contribution in [3.63, 3.8) is 0 Å². The smallest absolute Gasteiger partial charge is 0.117 e. The highest BCUT2D eigenvalue weighted by molar-refractivity contribution is 5.02. The van der Waals surface area contributed by atoms with Crippen molar-refractivity contribution in [2.75, 3.05) is 0 Å². The van der Waals surface area contributed by atoms with Gasteiger partial charge in [0.25, 0.3) is 0 Å². The molecule has 0 aliphatic rings. The zero-order chi connectivity index (χ0) is 12.1. The van der Waals surface area contributed by atoms with Gasteiger partial charge in [0.05, 0.1) is 18.5 Å². The summed E-state index contributed by atoms with van der Waals surface area (Å²) in [6.07, 6.45) is 4.64. The van der Waals surface area contributed by atoms with Crippen molar-refractivity contribution in [1.29, 1.82) is 0 Å². The molecule has 0 spiro atoms. The van der Waals surface area contributed by atoms with E-state index in [1.165, 1.54) is 5.69 Å². The van der Waals surface area contributed by atoms with E-state index in [1.807, 2.05) is 18.3 Å². The van der Waals surface area contributed by atoms with Gasteiger partial charge in [-0.1, -0.05) is 6.92 Å². The molecule has 0 bridgehead atoms. The van der Waals surface area contributed by atoms with Gasteiger partial charge in [0, 0.05) is 18.8 Å². The fourth-order valence-electron chi connectivity index (χ4n) is 1.78. The minimum absolute atomic E-state index is 0.449. The van der Waals surface area contributed by atoms with Crippen molar-refractivity contribution < 1.29 is 4.42 Å². The first-order chi connectivity index (χ1) is 8.31. The van der Waals surface area contributed by atoms with Gasteiger partial charge in [-0.05, 0) is 31.5 Å². The SMILES string of the molecule is CC[C@@H](C)n1nccc1CNCc1ccco1. The van der Waals surface area contributed by atoms with Crippen molar-refractivity contribution >= 4 is 0 Å². The third-order valence-corrected chi connectivity index (χ3v) is 2.95. The summed E-state index contributed by atoms with van der Waals surface area (Å²) in [5, 5.41) is 7.71. The van der Waals surface area contributed by atoms with E-state index in [1.54, 1.807) is 6.26 Å². The lowest BCUT2D eigenvalue weighted by molar-refractivity contribution is 0.441. The van der Waals surface area contributed by atoms with E-state index in [2.05, 4.69) is 35.0 Å². The Hall–Kier alpha value is -1.55. The number of nitrogens with zero attached hydrogens (tertiary/aromatic N) is 2. The van der Waals surface area contributed by atoms with Crippen LogP contribution in [0.1, 0.15) is 37.8 Å². The largest absolute Gasteiger partial charge is 0.468 e. The normalized spacial score (nSPS) is 12.8. The molecule has 0 unspecified atom stereocenters. The minimum atomic E-state index is 0.449. The van der Waals surface area contributed by atoms with Crippen LogP contribution in [0.15, 0.2) is 35.1 Å². The highest BCUT2D eigenvalue weighted by Gasteiger charge is 2.07. The van der Waals surface area contributed by atoms with E-state index in [4.69, 9.17) is 4.42 Å². The summed E-state index contributed by atoms with van der Waals surface area (Å²) >= 11 is 0. The molecule has 0 aromatic carbocycles. The Morgan fingerprint density at radius 2 is 2.29 bits per heavy atom. The van der Waals surface area contributed by atoms with Crippen molar-refractivity contribution in [2.45, 2.75) is 39.4 Å². The van der Waals surface area contributed by atoms with Crippen LogP contribution in [0.3, 0.4) is 0 Å². The second-order valence-corrected chi connectivity index (χ2v) is 4.21. The number of nitrogens with one attached hydrogen (secondary N) is 1. The van der Waals surface area contributed by atoms with Crippen molar-refractivity contribution in [2.24, 2.45) is 0 Å². The van der Waals surface area contributed by atoms with E-state index in [-0.39, 0.29) is 0 Å². The molecule has 0 saturated carbocycles. The molecule has 4 heteroatoms. The van der Waals surface area contributed by atoms with Gasteiger partial charge in [0.15, 0.2) is 0 Å². The molecule has 0 aliphatic heterocycles. The Kier molecular flexibility index (Phi) is 3.98. The maximum absolute atomic E-state index is 5.27. The van der Waals surface area contributed by atoms with Gasteiger partial charge in [-0.25, -0.2) is 0 Å². The van der Waals surface area contributed by atoms with Gasteiger partial charge in [-0.3, -0.25) is 4.68 Å². The van der Waals surface area contributed by atoms with E-state index in [0.29, 0.717) is 6.04 Å². The Morgan fingerprint density at radius 1 is 1.41 bits per heavy atom. The van der Waals surface area contributed by atoms with E-state index in [9.17, 15) is 0 Å². The molecule has 1 atom stereocenters. The summed E-state index contributed by atoms with van der Waals surface area (Å²) in [7, 11) is 0. The molecule has 0 amide bonds. The van der Waals surface area contributed by atoms with Gasteiger partial charge in [-0.15, -0.1) is 0 Å². The number of hydrogen-bond donors (Lipinski definition) is 1. The Morgan fingerprint density at radius 3 is 3.00 bits per heavy atom. The molecule has 2 aromatic heterocycles. The number of aromatic nitrogens is 2. The first kappa shape index (κ1) is 11.9. The molecule has 1 N–H and O–H groups in total. The first-order valence-corrected chi connectivity index (χ1v) is 6.06. The summed E-state index contributed by atoms with van der Waals surface area (Å²) < 4.78 is 7.35. The standard InChI is InChI=1S/C13H19N3O/c1-3-11(2)16-12(6-7-15-16)9-14-10-13-5-4-8-17-13/h4-8,11,14H,3,9-10H2,1-2H3/t11-/m1/s1. The van der Waals surface area contributed by atoms with Crippen LogP contribution in [0.5, 0.6) is 0 Å². The van der Waals surface area contributed by atoms with Crippen LogP contribution < -0.4 is 5.32 Å². The van der Waals surface area contributed by atoms with Gasteiger partial charge in [0.2, 0.25) is 0 Å². The fraction of sp³-hybridized carbons (Fsp3) is 0.462. The second kappa shape index (κ2) is 5.68. The Bertz CT molecular complexity index is 433. The third-order valence-electron chi connectivity index (χ3n) is 2.95. The summed E-state index contributed by atoms with van der Waals surface area (Å²) in [4.78, 5) is 0. The summed E-state index contributed by atoms with van der Waals surface area (Å²) in [5.74, 6) is 0.958. The summed E-state index contributed by atoms with van der Waals surface area (Å²) in [6, 6.07) is 6.38. The highest BCUT2D eigenvalue weighted by Crippen LogP contribution is 2.12.